The molecule has 8 heteroatoms. The lowest BCUT2D eigenvalue weighted by Gasteiger charge is -2.32. The van der Waals surface area contributed by atoms with Crippen LogP contribution in [0, 0.1) is 0 Å². The van der Waals surface area contributed by atoms with Gasteiger partial charge in [0.25, 0.3) is 11.8 Å². The molecule has 0 atom stereocenters. The Morgan fingerprint density at radius 3 is 2.52 bits per heavy atom. The third-order valence-electron chi connectivity index (χ3n) is 5.72. The van der Waals surface area contributed by atoms with Crippen LogP contribution in [0.25, 0.3) is 0 Å². The Morgan fingerprint density at radius 2 is 1.82 bits per heavy atom. The third kappa shape index (κ3) is 5.73. The van der Waals surface area contributed by atoms with E-state index in [1.54, 1.807) is 29.2 Å². The van der Waals surface area contributed by atoms with Gasteiger partial charge in [0, 0.05) is 35.9 Å². The van der Waals surface area contributed by atoms with Gasteiger partial charge in [0.2, 0.25) is 0 Å². The molecule has 3 aromatic rings. The number of aromatic nitrogens is 2. The molecular weight excluding hydrogens is 440 g/mol. The van der Waals surface area contributed by atoms with Gasteiger partial charge < -0.3 is 15.0 Å². The van der Waals surface area contributed by atoms with Crippen molar-refractivity contribution in [3.05, 3.63) is 82.6 Å². The predicted octanol–water partition coefficient (Wildman–Crippen LogP) is 4.02. The zero-order valence-electron chi connectivity index (χ0n) is 18.5. The van der Waals surface area contributed by atoms with Gasteiger partial charge in [-0.2, -0.15) is 5.10 Å². The summed E-state index contributed by atoms with van der Waals surface area (Å²) in [7, 11) is 0. The van der Waals surface area contributed by atoms with Crippen LogP contribution < -0.4 is 10.1 Å². The largest absolute Gasteiger partial charge is 0.494 e. The molecule has 1 aliphatic heterocycles. The lowest BCUT2D eigenvalue weighted by molar-refractivity contribution is 0.0698. The summed E-state index contributed by atoms with van der Waals surface area (Å²) >= 11 is 6.21. The van der Waals surface area contributed by atoms with Crippen LogP contribution in [0.1, 0.15) is 46.0 Å². The number of carbonyl (C=O) groups is 2. The van der Waals surface area contributed by atoms with Crippen molar-refractivity contribution in [2.45, 2.75) is 32.4 Å². The number of nitrogens with one attached hydrogen (secondary N) is 1. The van der Waals surface area contributed by atoms with E-state index in [4.69, 9.17) is 16.3 Å². The van der Waals surface area contributed by atoms with Gasteiger partial charge >= 0.3 is 0 Å². The summed E-state index contributed by atoms with van der Waals surface area (Å²) in [6.07, 6.45) is 4.71. The number of piperidine rings is 1. The summed E-state index contributed by atoms with van der Waals surface area (Å²) in [6, 6.07) is 14.8. The minimum Gasteiger partial charge on any atom is -0.494 e. The standard InChI is InChI=1S/C25H27ClN4O3/c1-2-33-22-9-7-18(8-10-22)25(32)29-13-11-21(12-14-29)28-24(31)20-15-27-30(17-20)16-19-5-3-4-6-23(19)26/h3-10,15,17,21H,2,11-14,16H2,1H3,(H,28,31). The Morgan fingerprint density at radius 1 is 1.09 bits per heavy atom. The summed E-state index contributed by atoms with van der Waals surface area (Å²) in [6.45, 7) is 4.22. The fourth-order valence-electron chi connectivity index (χ4n) is 3.91. The smallest absolute Gasteiger partial charge is 0.254 e. The number of halogens is 1. The highest BCUT2D eigenvalue weighted by atomic mass is 35.5. The molecule has 0 aliphatic carbocycles. The zero-order chi connectivity index (χ0) is 23.2. The third-order valence-corrected chi connectivity index (χ3v) is 6.08. The van der Waals surface area contributed by atoms with Crippen molar-refractivity contribution in [2.24, 2.45) is 0 Å². The Labute approximate surface area is 198 Å². The first-order valence-corrected chi connectivity index (χ1v) is 11.5. The molecule has 2 heterocycles. The monoisotopic (exact) mass is 466 g/mol. The van der Waals surface area contributed by atoms with Crippen molar-refractivity contribution < 1.29 is 14.3 Å². The second-order valence-electron chi connectivity index (χ2n) is 8.02. The SMILES string of the molecule is CCOc1ccc(C(=O)N2CCC(NC(=O)c3cnn(Cc4ccccc4Cl)c3)CC2)cc1. The topological polar surface area (TPSA) is 76.5 Å². The lowest BCUT2D eigenvalue weighted by Crippen LogP contribution is -2.46. The summed E-state index contributed by atoms with van der Waals surface area (Å²) in [5.74, 6) is 0.603. The molecule has 1 aromatic heterocycles. The maximum absolute atomic E-state index is 12.8. The van der Waals surface area contributed by atoms with Gasteiger partial charge in [-0.1, -0.05) is 29.8 Å². The molecule has 7 nitrogen and oxygen atoms in total. The molecule has 172 valence electrons. The fourth-order valence-corrected chi connectivity index (χ4v) is 4.10. The highest BCUT2D eigenvalue weighted by molar-refractivity contribution is 6.31. The van der Waals surface area contributed by atoms with Gasteiger partial charge in [0.05, 0.1) is 24.9 Å². The van der Waals surface area contributed by atoms with E-state index < -0.39 is 0 Å². The average Bonchev–Trinajstić information content (AvgIpc) is 3.30. The molecule has 1 aliphatic rings. The second-order valence-corrected chi connectivity index (χ2v) is 8.42. The van der Waals surface area contributed by atoms with Gasteiger partial charge in [-0.15, -0.1) is 0 Å². The highest BCUT2D eigenvalue weighted by Gasteiger charge is 2.25. The maximum atomic E-state index is 12.8. The first-order valence-electron chi connectivity index (χ1n) is 11.1. The normalized spacial score (nSPS) is 14.2. The number of likely N-dealkylation sites (tertiary alicyclic amines) is 1. The van der Waals surface area contributed by atoms with E-state index in [1.165, 1.54) is 0 Å². The van der Waals surface area contributed by atoms with E-state index in [-0.39, 0.29) is 17.9 Å². The Hall–Kier alpha value is -3.32. The number of carbonyl (C=O) groups excluding carboxylic acids is 2. The van der Waals surface area contributed by atoms with Gasteiger partial charge in [0.1, 0.15) is 5.75 Å². The second kappa shape index (κ2) is 10.5. The van der Waals surface area contributed by atoms with E-state index >= 15 is 0 Å². The summed E-state index contributed by atoms with van der Waals surface area (Å²) in [5.41, 5.74) is 2.10. The van der Waals surface area contributed by atoms with Crippen molar-refractivity contribution in [1.82, 2.24) is 20.0 Å². The van der Waals surface area contributed by atoms with E-state index in [2.05, 4.69) is 10.4 Å². The molecule has 0 unspecified atom stereocenters. The van der Waals surface area contributed by atoms with E-state index in [0.29, 0.717) is 55.2 Å². The molecule has 1 saturated heterocycles. The quantitative estimate of drug-likeness (QED) is 0.570. The molecule has 1 fully saturated rings. The van der Waals surface area contributed by atoms with Crippen LogP contribution in [-0.2, 0) is 6.54 Å². The fraction of sp³-hybridized carbons (Fsp3) is 0.320. The Bertz CT molecular complexity index is 1100. The van der Waals surface area contributed by atoms with Crippen LogP contribution in [0.3, 0.4) is 0 Å². The van der Waals surface area contributed by atoms with Crippen molar-refractivity contribution in [2.75, 3.05) is 19.7 Å². The van der Waals surface area contributed by atoms with Gasteiger partial charge in [-0.3, -0.25) is 14.3 Å². The molecule has 0 spiro atoms. The summed E-state index contributed by atoms with van der Waals surface area (Å²) in [5, 5.41) is 8.03. The molecule has 1 N–H and O–H groups in total. The van der Waals surface area contributed by atoms with E-state index in [1.807, 2.05) is 48.2 Å². The van der Waals surface area contributed by atoms with Gasteiger partial charge in [-0.05, 0) is 55.7 Å². The molecule has 2 amide bonds. The summed E-state index contributed by atoms with van der Waals surface area (Å²) in [4.78, 5) is 27.3. The van der Waals surface area contributed by atoms with Crippen LogP contribution in [0.5, 0.6) is 5.75 Å². The number of rotatable bonds is 7. The number of hydrogen-bond donors (Lipinski definition) is 1. The molecule has 33 heavy (non-hydrogen) atoms. The number of amides is 2. The molecule has 2 aromatic carbocycles. The van der Waals surface area contributed by atoms with Crippen LogP contribution in [0.4, 0.5) is 0 Å². The summed E-state index contributed by atoms with van der Waals surface area (Å²) < 4.78 is 7.14. The predicted molar refractivity (Wildman–Crippen MR) is 127 cm³/mol. The number of hydrogen-bond acceptors (Lipinski definition) is 4. The van der Waals surface area contributed by atoms with E-state index in [0.717, 1.165) is 11.3 Å². The first kappa shape index (κ1) is 22.9. The minimum absolute atomic E-state index is 0.00340. The molecule has 4 rings (SSSR count). The molecule has 0 bridgehead atoms. The lowest BCUT2D eigenvalue weighted by atomic mass is 10.0. The number of nitrogens with zero attached hydrogens (tertiary/aromatic N) is 3. The average molecular weight is 467 g/mol. The zero-order valence-corrected chi connectivity index (χ0v) is 19.3. The Kier molecular flexibility index (Phi) is 7.29. The van der Waals surface area contributed by atoms with Crippen LogP contribution >= 0.6 is 11.6 Å². The molecular formula is C25H27ClN4O3. The van der Waals surface area contributed by atoms with Crippen LogP contribution in [0.2, 0.25) is 5.02 Å². The highest BCUT2D eigenvalue weighted by Crippen LogP contribution is 2.18. The van der Waals surface area contributed by atoms with Crippen molar-refractivity contribution >= 4 is 23.4 Å². The van der Waals surface area contributed by atoms with E-state index in [9.17, 15) is 9.59 Å². The van der Waals surface area contributed by atoms with Gasteiger partial charge in [0.15, 0.2) is 0 Å². The number of benzene rings is 2. The minimum atomic E-state index is -0.156. The first-order chi connectivity index (χ1) is 16.0. The van der Waals surface area contributed by atoms with Crippen LogP contribution in [-0.4, -0.2) is 52.2 Å². The van der Waals surface area contributed by atoms with Crippen molar-refractivity contribution in [3.63, 3.8) is 0 Å². The van der Waals surface area contributed by atoms with Crippen molar-refractivity contribution in [3.8, 4) is 5.75 Å². The van der Waals surface area contributed by atoms with Crippen LogP contribution in [0.15, 0.2) is 60.9 Å². The maximum Gasteiger partial charge on any atom is 0.254 e. The van der Waals surface area contributed by atoms with Crippen molar-refractivity contribution in [1.29, 1.82) is 0 Å². The van der Waals surface area contributed by atoms with Gasteiger partial charge in [-0.25, -0.2) is 0 Å². The number of ether oxygens (including phenoxy) is 1. The molecule has 0 saturated carbocycles. The molecule has 0 radical (unpaired) electrons. The Balaban J connectivity index is 1.27.